The van der Waals surface area contributed by atoms with Crippen molar-refractivity contribution in [3.63, 3.8) is 0 Å². The molecule has 5 rings (SSSR count). The van der Waals surface area contributed by atoms with Crippen molar-refractivity contribution in [2.75, 3.05) is 44.7 Å². The van der Waals surface area contributed by atoms with E-state index < -0.39 is 5.91 Å². The summed E-state index contributed by atoms with van der Waals surface area (Å²) in [6, 6.07) is 11.1. The van der Waals surface area contributed by atoms with Crippen LogP contribution in [0.2, 0.25) is 0 Å². The molecule has 10 nitrogen and oxygen atoms in total. The molecule has 1 amide bonds. The topological polar surface area (TPSA) is 131 Å². The minimum absolute atomic E-state index is 0.178. The van der Waals surface area contributed by atoms with Crippen molar-refractivity contribution >= 4 is 22.5 Å². The molecule has 4 aromatic rings. The number of H-pyrrole nitrogens is 1. The van der Waals surface area contributed by atoms with Crippen LogP contribution < -0.4 is 16.6 Å². The average Bonchev–Trinajstić information content (AvgIpc) is 3.40. The van der Waals surface area contributed by atoms with Crippen LogP contribution in [0, 0.1) is 0 Å². The number of primary amides is 1. The van der Waals surface area contributed by atoms with Gasteiger partial charge in [-0.25, -0.2) is 4.98 Å². The van der Waals surface area contributed by atoms with Gasteiger partial charge in [0, 0.05) is 49.7 Å². The fourth-order valence-electron chi connectivity index (χ4n) is 4.51. The number of rotatable bonds is 10. The molecule has 0 saturated carbocycles. The van der Waals surface area contributed by atoms with Gasteiger partial charge >= 0.3 is 0 Å². The fourth-order valence-corrected chi connectivity index (χ4v) is 4.51. The molecular formula is C27H31N7O3. The van der Waals surface area contributed by atoms with Crippen LogP contribution in [0.5, 0.6) is 0 Å². The molecule has 1 aromatic carbocycles. The number of nitrogens with zero attached hydrogens (tertiary/aromatic N) is 4. The monoisotopic (exact) mass is 501 g/mol. The molecule has 1 aliphatic heterocycles. The molecule has 37 heavy (non-hydrogen) atoms. The van der Waals surface area contributed by atoms with Crippen LogP contribution in [-0.4, -0.2) is 69.9 Å². The zero-order chi connectivity index (χ0) is 25.6. The molecule has 0 bridgehead atoms. The molecule has 0 atom stereocenters. The number of aromatic amines is 1. The first-order chi connectivity index (χ1) is 18.1. The zero-order valence-corrected chi connectivity index (χ0v) is 20.7. The van der Waals surface area contributed by atoms with Gasteiger partial charge in [0.05, 0.1) is 37.0 Å². The molecule has 4 N–H and O–H groups in total. The summed E-state index contributed by atoms with van der Waals surface area (Å²) in [6.45, 7) is 5.80. The summed E-state index contributed by atoms with van der Waals surface area (Å²) in [7, 11) is 0. The third kappa shape index (κ3) is 6.04. The molecule has 4 heterocycles. The number of nitrogens with one attached hydrogen (secondary N) is 2. The number of amides is 1. The molecule has 0 spiro atoms. The Morgan fingerprint density at radius 1 is 1.14 bits per heavy atom. The van der Waals surface area contributed by atoms with Gasteiger partial charge in [-0.2, -0.15) is 5.10 Å². The van der Waals surface area contributed by atoms with Gasteiger partial charge in [-0.05, 0) is 48.1 Å². The number of aryl methyl sites for hydroxylation is 1. The molecule has 1 saturated heterocycles. The summed E-state index contributed by atoms with van der Waals surface area (Å²) in [6.07, 6.45) is 7.12. The lowest BCUT2D eigenvalue weighted by atomic mass is 10.1. The van der Waals surface area contributed by atoms with E-state index in [-0.39, 0.29) is 5.56 Å². The SMILES string of the molecule is NC(=O)c1ccc(CCCNc2nc(-c3cnn(CCN4CCOCC4)c3)cc3cc[nH]c(=O)c23)cc1. The van der Waals surface area contributed by atoms with E-state index in [1.165, 1.54) is 0 Å². The van der Waals surface area contributed by atoms with Crippen LogP contribution in [0.3, 0.4) is 0 Å². The van der Waals surface area contributed by atoms with E-state index in [9.17, 15) is 9.59 Å². The Kier molecular flexibility index (Phi) is 7.57. The van der Waals surface area contributed by atoms with Gasteiger partial charge in [-0.1, -0.05) is 12.1 Å². The average molecular weight is 502 g/mol. The lowest BCUT2D eigenvalue weighted by Gasteiger charge is -2.26. The third-order valence-corrected chi connectivity index (χ3v) is 6.61. The van der Waals surface area contributed by atoms with Crippen molar-refractivity contribution in [3.05, 3.63) is 76.5 Å². The summed E-state index contributed by atoms with van der Waals surface area (Å²) in [5.41, 5.74) is 8.41. The maximum atomic E-state index is 12.6. The smallest absolute Gasteiger partial charge is 0.259 e. The number of carbonyl (C=O) groups is 1. The second-order valence-corrected chi connectivity index (χ2v) is 9.16. The number of fused-ring (bicyclic) bond motifs is 1. The van der Waals surface area contributed by atoms with Crippen LogP contribution in [0.25, 0.3) is 22.0 Å². The van der Waals surface area contributed by atoms with E-state index in [2.05, 4.69) is 20.3 Å². The predicted octanol–water partition coefficient (Wildman–Crippen LogP) is 2.26. The van der Waals surface area contributed by atoms with Gasteiger partial charge in [-0.3, -0.25) is 19.2 Å². The Morgan fingerprint density at radius 3 is 2.73 bits per heavy atom. The third-order valence-electron chi connectivity index (χ3n) is 6.61. The van der Waals surface area contributed by atoms with E-state index in [1.54, 1.807) is 18.3 Å². The largest absolute Gasteiger partial charge is 0.379 e. The first-order valence-corrected chi connectivity index (χ1v) is 12.5. The molecule has 1 fully saturated rings. The van der Waals surface area contributed by atoms with E-state index in [0.717, 1.165) is 74.4 Å². The lowest BCUT2D eigenvalue weighted by Crippen LogP contribution is -2.38. The summed E-state index contributed by atoms with van der Waals surface area (Å²) in [4.78, 5) is 33.8. The number of pyridine rings is 2. The second kappa shape index (κ2) is 11.4. The number of carbonyl (C=O) groups excluding carboxylic acids is 1. The first-order valence-electron chi connectivity index (χ1n) is 12.5. The Labute approximate surface area is 214 Å². The van der Waals surface area contributed by atoms with Gasteiger partial charge in [0.2, 0.25) is 5.91 Å². The summed E-state index contributed by atoms with van der Waals surface area (Å²) in [5, 5.41) is 9.25. The maximum Gasteiger partial charge on any atom is 0.259 e. The number of anilines is 1. The quantitative estimate of drug-likeness (QED) is 0.284. The lowest BCUT2D eigenvalue weighted by molar-refractivity contribution is 0.0360. The van der Waals surface area contributed by atoms with Gasteiger partial charge in [-0.15, -0.1) is 0 Å². The van der Waals surface area contributed by atoms with Crippen molar-refractivity contribution in [1.82, 2.24) is 24.6 Å². The number of ether oxygens (including phenoxy) is 1. The summed E-state index contributed by atoms with van der Waals surface area (Å²) < 4.78 is 7.36. The molecule has 3 aromatic heterocycles. The predicted molar refractivity (Wildman–Crippen MR) is 143 cm³/mol. The maximum absolute atomic E-state index is 12.6. The Morgan fingerprint density at radius 2 is 1.95 bits per heavy atom. The molecule has 192 valence electrons. The first kappa shape index (κ1) is 24.7. The highest BCUT2D eigenvalue weighted by molar-refractivity contribution is 5.94. The van der Waals surface area contributed by atoms with Gasteiger partial charge in [0.15, 0.2) is 0 Å². The molecule has 10 heteroatoms. The molecular weight excluding hydrogens is 470 g/mol. The number of nitrogens with two attached hydrogens (primary N) is 1. The van der Waals surface area contributed by atoms with E-state index in [1.807, 2.05) is 41.3 Å². The van der Waals surface area contributed by atoms with Gasteiger partial charge < -0.3 is 20.8 Å². The highest BCUT2D eigenvalue weighted by Gasteiger charge is 2.14. The molecule has 0 aliphatic carbocycles. The van der Waals surface area contributed by atoms with Crippen LogP contribution in [-0.2, 0) is 17.7 Å². The number of benzene rings is 1. The van der Waals surface area contributed by atoms with Crippen molar-refractivity contribution in [2.45, 2.75) is 19.4 Å². The highest BCUT2D eigenvalue weighted by Crippen LogP contribution is 2.25. The van der Waals surface area contributed by atoms with Crippen LogP contribution >= 0.6 is 0 Å². The van der Waals surface area contributed by atoms with Crippen molar-refractivity contribution in [3.8, 4) is 11.3 Å². The summed E-state index contributed by atoms with van der Waals surface area (Å²) in [5.74, 6) is 0.124. The van der Waals surface area contributed by atoms with Crippen LogP contribution in [0.4, 0.5) is 5.82 Å². The highest BCUT2D eigenvalue weighted by atomic mass is 16.5. The summed E-state index contributed by atoms with van der Waals surface area (Å²) >= 11 is 0. The minimum Gasteiger partial charge on any atom is -0.379 e. The minimum atomic E-state index is -0.432. The van der Waals surface area contributed by atoms with E-state index in [4.69, 9.17) is 15.5 Å². The van der Waals surface area contributed by atoms with Crippen molar-refractivity contribution in [1.29, 1.82) is 0 Å². The number of hydrogen-bond acceptors (Lipinski definition) is 7. The van der Waals surface area contributed by atoms with Crippen LogP contribution in [0.15, 0.2) is 59.8 Å². The van der Waals surface area contributed by atoms with Gasteiger partial charge in [0.25, 0.3) is 5.56 Å². The molecule has 0 unspecified atom stereocenters. The Bertz CT molecular complexity index is 1420. The van der Waals surface area contributed by atoms with Crippen molar-refractivity contribution < 1.29 is 9.53 Å². The normalized spacial score (nSPS) is 14.2. The van der Waals surface area contributed by atoms with Gasteiger partial charge in [0.1, 0.15) is 5.82 Å². The molecule has 0 radical (unpaired) electrons. The number of aromatic nitrogens is 4. The number of morpholine rings is 1. The molecule has 1 aliphatic rings. The van der Waals surface area contributed by atoms with E-state index >= 15 is 0 Å². The zero-order valence-electron chi connectivity index (χ0n) is 20.7. The van der Waals surface area contributed by atoms with Crippen LogP contribution in [0.1, 0.15) is 22.3 Å². The Balaban J connectivity index is 1.28. The number of hydrogen-bond donors (Lipinski definition) is 3. The fraction of sp³-hybridized carbons (Fsp3) is 0.333. The second-order valence-electron chi connectivity index (χ2n) is 9.16. The standard InChI is InChI=1S/C27H31N7O3/c28-25(35)20-5-3-19(4-6-20)2-1-8-29-26-24-21(7-9-30-27(24)36)16-23(32-26)22-17-31-34(18-22)11-10-33-12-14-37-15-13-33/h3-7,9,16-18H,1-2,8,10-15H2,(H2,28,35)(H,29,32)(H,30,36). The van der Waals surface area contributed by atoms with Crippen molar-refractivity contribution in [2.24, 2.45) is 5.73 Å². The Hall–Kier alpha value is -4.02. The van der Waals surface area contributed by atoms with E-state index in [0.29, 0.717) is 23.3 Å².